The van der Waals surface area contributed by atoms with Gasteiger partial charge in [0, 0.05) is 19.3 Å². The van der Waals surface area contributed by atoms with Crippen LogP contribution < -0.4 is 16.6 Å². The zero-order valence-electron chi connectivity index (χ0n) is 10.3. The van der Waals surface area contributed by atoms with Gasteiger partial charge < -0.3 is 15.6 Å². The van der Waals surface area contributed by atoms with Crippen LogP contribution in [-0.4, -0.2) is 16.0 Å². The molecule has 1 heterocycles. The van der Waals surface area contributed by atoms with Gasteiger partial charge in [0.25, 0.3) is 0 Å². The molecule has 1 aromatic heterocycles. The van der Waals surface area contributed by atoms with Gasteiger partial charge in [-0.2, -0.15) is 0 Å². The van der Waals surface area contributed by atoms with Gasteiger partial charge in [-0.05, 0) is 18.9 Å². The fourth-order valence-corrected chi connectivity index (χ4v) is 2.16. The van der Waals surface area contributed by atoms with E-state index in [9.17, 15) is 9.59 Å². The van der Waals surface area contributed by atoms with E-state index in [0.717, 1.165) is 25.7 Å². The Labute approximate surface area is 112 Å². The number of aromatic nitrogens is 1. The lowest BCUT2D eigenvalue weighted by molar-refractivity contribution is -0.121. The van der Waals surface area contributed by atoms with E-state index in [-0.39, 0.29) is 23.9 Å². The highest BCUT2D eigenvalue weighted by atomic mass is 35.5. The first-order valence-corrected chi connectivity index (χ1v) is 5.78. The maximum absolute atomic E-state index is 12.0. The molecule has 1 saturated carbocycles. The van der Waals surface area contributed by atoms with Crippen molar-refractivity contribution in [1.29, 1.82) is 0 Å². The number of anilines is 1. The highest BCUT2D eigenvalue weighted by Crippen LogP contribution is 2.28. The average molecular weight is 272 g/mol. The highest BCUT2D eigenvalue weighted by Gasteiger charge is 2.36. The van der Waals surface area contributed by atoms with Crippen LogP contribution in [0.5, 0.6) is 0 Å². The summed E-state index contributed by atoms with van der Waals surface area (Å²) in [7, 11) is 1.64. The quantitative estimate of drug-likeness (QED) is 0.843. The normalized spacial score (nSPS) is 17.0. The molecule has 2 rings (SSSR count). The van der Waals surface area contributed by atoms with E-state index in [2.05, 4.69) is 5.32 Å². The van der Waals surface area contributed by atoms with E-state index >= 15 is 0 Å². The summed E-state index contributed by atoms with van der Waals surface area (Å²) >= 11 is 0. The molecule has 1 aromatic rings. The number of nitrogens with two attached hydrogens (primary N) is 1. The molecule has 5 nitrogen and oxygen atoms in total. The van der Waals surface area contributed by atoms with Crippen LogP contribution in [0.25, 0.3) is 0 Å². The molecule has 3 N–H and O–H groups in total. The van der Waals surface area contributed by atoms with Crippen molar-refractivity contribution in [2.75, 3.05) is 5.32 Å². The van der Waals surface area contributed by atoms with Gasteiger partial charge in [-0.3, -0.25) is 9.59 Å². The molecule has 1 aliphatic carbocycles. The molecule has 1 aliphatic rings. The molecule has 18 heavy (non-hydrogen) atoms. The maximum atomic E-state index is 12.0. The Morgan fingerprint density at radius 2 is 2.00 bits per heavy atom. The zero-order chi connectivity index (χ0) is 12.5. The van der Waals surface area contributed by atoms with Crippen molar-refractivity contribution in [3.8, 4) is 0 Å². The summed E-state index contributed by atoms with van der Waals surface area (Å²) in [5.74, 6) is -0.159. The SMILES string of the molecule is Cl.Cn1cc(NC(=O)C2(N)CCCC2)ccc1=O. The zero-order valence-corrected chi connectivity index (χ0v) is 11.1. The van der Waals surface area contributed by atoms with Gasteiger partial charge in [-0.1, -0.05) is 12.8 Å². The molecular formula is C12H18ClN3O2. The molecule has 1 fully saturated rings. The van der Waals surface area contributed by atoms with Crippen molar-refractivity contribution in [3.63, 3.8) is 0 Å². The number of pyridine rings is 1. The summed E-state index contributed by atoms with van der Waals surface area (Å²) in [5.41, 5.74) is 5.80. The number of aryl methyl sites for hydroxylation is 1. The molecule has 1 amide bonds. The molecule has 0 aliphatic heterocycles. The second-order valence-corrected chi connectivity index (χ2v) is 4.68. The molecule has 0 spiro atoms. The Morgan fingerprint density at radius 3 is 2.56 bits per heavy atom. The van der Waals surface area contributed by atoms with Crippen molar-refractivity contribution < 1.29 is 4.79 Å². The van der Waals surface area contributed by atoms with Crippen LogP contribution >= 0.6 is 12.4 Å². The van der Waals surface area contributed by atoms with Crippen LogP contribution in [0.3, 0.4) is 0 Å². The number of halogens is 1. The third kappa shape index (κ3) is 2.91. The molecule has 6 heteroatoms. The van der Waals surface area contributed by atoms with Crippen LogP contribution in [0.2, 0.25) is 0 Å². The van der Waals surface area contributed by atoms with Crippen molar-refractivity contribution in [1.82, 2.24) is 4.57 Å². The largest absolute Gasteiger partial charge is 0.323 e. The van der Waals surface area contributed by atoms with Crippen LogP contribution in [0.4, 0.5) is 5.69 Å². The number of carbonyl (C=O) groups excluding carboxylic acids is 1. The number of hydrogen-bond acceptors (Lipinski definition) is 3. The minimum Gasteiger partial charge on any atom is -0.323 e. The predicted molar refractivity (Wildman–Crippen MR) is 72.9 cm³/mol. The second-order valence-electron chi connectivity index (χ2n) is 4.68. The number of nitrogens with one attached hydrogen (secondary N) is 1. The van der Waals surface area contributed by atoms with Crippen molar-refractivity contribution in [3.05, 3.63) is 28.7 Å². The Bertz CT molecular complexity index is 492. The van der Waals surface area contributed by atoms with Gasteiger partial charge >= 0.3 is 0 Å². The summed E-state index contributed by atoms with van der Waals surface area (Å²) in [4.78, 5) is 23.2. The molecular weight excluding hydrogens is 254 g/mol. The van der Waals surface area contributed by atoms with E-state index in [0.29, 0.717) is 5.69 Å². The standard InChI is InChI=1S/C12H17N3O2.ClH/c1-15-8-9(4-5-10(15)16)14-11(17)12(13)6-2-3-7-12;/h4-5,8H,2-3,6-7,13H2,1H3,(H,14,17);1H. The first-order valence-electron chi connectivity index (χ1n) is 5.78. The molecule has 0 saturated heterocycles. The van der Waals surface area contributed by atoms with Crippen molar-refractivity contribution in [2.24, 2.45) is 12.8 Å². The lowest BCUT2D eigenvalue weighted by Gasteiger charge is -2.22. The van der Waals surface area contributed by atoms with Crippen LogP contribution in [0.15, 0.2) is 23.1 Å². The van der Waals surface area contributed by atoms with E-state index < -0.39 is 5.54 Å². The first kappa shape index (κ1) is 14.7. The number of amides is 1. The van der Waals surface area contributed by atoms with Crippen LogP contribution in [0.1, 0.15) is 25.7 Å². The lowest BCUT2D eigenvalue weighted by Crippen LogP contribution is -2.48. The van der Waals surface area contributed by atoms with E-state index in [1.54, 1.807) is 19.3 Å². The van der Waals surface area contributed by atoms with Gasteiger partial charge in [0.2, 0.25) is 11.5 Å². The number of carbonyl (C=O) groups is 1. The average Bonchev–Trinajstić information content (AvgIpc) is 2.72. The Balaban J connectivity index is 0.00000162. The second kappa shape index (κ2) is 5.54. The fraction of sp³-hybridized carbons (Fsp3) is 0.500. The first-order chi connectivity index (χ1) is 8.01. The van der Waals surface area contributed by atoms with Gasteiger partial charge in [0.05, 0.1) is 11.2 Å². The Hall–Kier alpha value is -1.33. The summed E-state index contributed by atoms with van der Waals surface area (Å²) in [6.07, 6.45) is 5.04. The smallest absolute Gasteiger partial charge is 0.250 e. The van der Waals surface area contributed by atoms with Gasteiger partial charge in [-0.25, -0.2) is 0 Å². The summed E-state index contributed by atoms with van der Waals surface area (Å²) < 4.78 is 1.42. The topological polar surface area (TPSA) is 77.1 Å². The summed E-state index contributed by atoms with van der Waals surface area (Å²) in [6, 6.07) is 3.02. The number of nitrogens with zero attached hydrogens (tertiary/aromatic N) is 1. The Kier molecular flexibility index (Phi) is 4.53. The minimum atomic E-state index is -0.741. The molecule has 0 atom stereocenters. The summed E-state index contributed by atoms with van der Waals surface area (Å²) in [5, 5.41) is 2.77. The van der Waals surface area contributed by atoms with Crippen molar-refractivity contribution >= 4 is 24.0 Å². The maximum Gasteiger partial charge on any atom is 0.250 e. The number of hydrogen-bond donors (Lipinski definition) is 2. The monoisotopic (exact) mass is 271 g/mol. The van der Waals surface area contributed by atoms with E-state index in [4.69, 9.17) is 5.73 Å². The highest BCUT2D eigenvalue weighted by molar-refractivity contribution is 5.98. The van der Waals surface area contributed by atoms with E-state index in [1.165, 1.54) is 10.6 Å². The van der Waals surface area contributed by atoms with E-state index in [1.807, 2.05) is 0 Å². The van der Waals surface area contributed by atoms with Crippen molar-refractivity contribution in [2.45, 2.75) is 31.2 Å². The van der Waals surface area contributed by atoms with Crippen LogP contribution in [0, 0.1) is 0 Å². The molecule has 100 valence electrons. The van der Waals surface area contributed by atoms with Crippen LogP contribution in [-0.2, 0) is 11.8 Å². The van der Waals surface area contributed by atoms with Gasteiger partial charge in [0.15, 0.2) is 0 Å². The fourth-order valence-electron chi connectivity index (χ4n) is 2.16. The molecule has 0 aromatic carbocycles. The summed E-state index contributed by atoms with van der Waals surface area (Å²) in [6.45, 7) is 0. The van der Waals surface area contributed by atoms with Gasteiger partial charge in [0.1, 0.15) is 0 Å². The van der Waals surface area contributed by atoms with Gasteiger partial charge in [-0.15, -0.1) is 12.4 Å². The minimum absolute atomic E-state index is 0. The molecule has 0 unspecified atom stereocenters. The predicted octanol–water partition coefficient (Wildman–Crippen LogP) is 1.02. The lowest BCUT2D eigenvalue weighted by atomic mass is 9.98. The molecule has 0 bridgehead atoms. The molecule has 0 radical (unpaired) electrons. The third-order valence-electron chi connectivity index (χ3n) is 3.29. The Morgan fingerprint density at radius 1 is 1.39 bits per heavy atom. The third-order valence-corrected chi connectivity index (χ3v) is 3.29. The number of rotatable bonds is 2.